The minimum Gasteiger partial charge on any atom is -0.457 e. The second-order valence-corrected chi connectivity index (χ2v) is 4.74. The normalized spacial score (nSPS) is 11.6. The number of halogens is 3. The average Bonchev–Trinajstić information content (AvgIpc) is 2.46. The number of anilines is 2. The molecule has 3 aromatic rings. The lowest BCUT2D eigenvalue weighted by molar-refractivity contribution is -0.137. The molecule has 118 valence electrons. The molecule has 0 bridgehead atoms. The Morgan fingerprint density at radius 3 is 2.43 bits per heavy atom. The molecule has 0 unspecified atom stereocenters. The predicted molar refractivity (Wildman–Crippen MR) is 79.9 cm³/mol. The van der Waals surface area contributed by atoms with Crippen LogP contribution in [0.3, 0.4) is 0 Å². The van der Waals surface area contributed by atoms with Gasteiger partial charge in [-0.25, -0.2) is 4.98 Å². The third-order valence-electron chi connectivity index (χ3n) is 3.12. The van der Waals surface area contributed by atoms with Crippen LogP contribution in [0.2, 0.25) is 0 Å². The number of alkyl halides is 3. The molecule has 0 spiro atoms. The van der Waals surface area contributed by atoms with Crippen LogP contribution in [0, 0.1) is 0 Å². The van der Waals surface area contributed by atoms with Gasteiger partial charge in [-0.1, -0.05) is 12.1 Å². The van der Waals surface area contributed by atoms with E-state index in [9.17, 15) is 13.2 Å². The summed E-state index contributed by atoms with van der Waals surface area (Å²) in [5.41, 5.74) is 11.0. The van der Waals surface area contributed by atoms with Crippen LogP contribution in [0.5, 0.6) is 11.5 Å². The highest BCUT2D eigenvalue weighted by atomic mass is 19.4. The number of hydrogen-bond donors (Lipinski definition) is 2. The van der Waals surface area contributed by atoms with Crippen molar-refractivity contribution in [2.75, 3.05) is 11.5 Å². The molecule has 5 nitrogen and oxygen atoms in total. The number of nitrogen functional groups attached to an aromatic ring is 2. The van der Waals surface area contributed by atoms with Crippen molar-refractivity contribution in [2.24, 2.45) is 0 Å². The van der Waals surface area contributed by atoms with Gasteiger partial charge in [0.1, 0.15) is 17.3 Å². The zero-order valence-electron chi connectivity index (χ0n) is 11.6. The Balaban J connectivity index is 2.06. The second-order valence-electron chi connectivity index (χ2n) is 4.74. The maximum Gasteiger partial charge on any atom is 0.416 e. The molecule has 0 saturated carbocycles. The van der Waals surface area contributed by atoms with Crippen LogP contribution in [-0.2, 0) is 6.18 Å². The lowest BCUT2D eigenvalue weighted by atomic mass is 10.2. The Hall–Kier alpha value is -3.03. The van der Waals surface area contributed by atoms with Gasteiger partial charge in [-0.15, -0.1) is 0 Å². The van der Waals surface area contributed by atoms with E-state index < -0.39 is 11.7 Å². The van der Waals surface area contributed by atoms with Crippen molar-refractivity contribution in [3.8, 4) is 11.5 Å². The first-order chi connectivity index (χ1) is 10.8. The van der Waals surface area contributed by atoms with Gasteiger partial charge in [0.25, 0.3) is 0 Å². The maximum atomic E-state index is 12.8. The van der Waals surface area contributed by atoms with Crippen molar-refractivity contribution in [3.63, 3.8) is 0 Å². The Labute approximate surface area is 128 Å². The molecule has 0 aliphatic heterocycles. The van der Waals surface area contributed by atoms with Gasteiger partial charge in [0.2, 0.25) is 5.95 Å². The zero-order valence-corrected chi connectivity index (χ0v) is 11.6. The van der Waals surface area contributed by atoms with Gasteiger partial charge in [0, 0.05) is 0 Å². The van der Waals surface area contributed by atoms with E-state index in [1.807, 2.05) is 0 Å². The third-order valence-corrected chi connectivity index (χ3v) is 3.12. The molecule has 0 aliphatic rings. The molecule has 0 aliphatic carbocycles. The molecular formula is C15H11F3N4O. The minimum atomic E-state index is -4.45. The molecule has 0 radical (unpaired) electrons. The first-order valence-corrected chi connectivity index (χ1v) is 6.51. The van der Waals surface area contributed by atoms with Gasteiger partial charge in [-0.05, 0) is 30.3 Å². The Morgan fingerprint density at radius 1 is 0.957 bits per heavy atom. The summed E-state index contributed by atoms with van der Waals surface area (Å²) in [6.07, 6.45) is -4.45. The van der Waals surface area contributed by atoms with Gasteiger partial charge in [-0.2, -0.15) is 18.2 Å². The molecule has 8 heteroatoms. The van der Waals surface area contributed by atoms with Crippen molar-refractivity contribution in [2.45, 2.75) is 6.18 Å². The molecule has 0 saturated heterocycles. The molecule has 3 rings (SSSR count). The number of fused-ring (bicyclic) bond motifs is 1. The van der Waals surface area contributed by atoms with Crippen LogP contribution < -0.4 is 16.2 Å². The molecule has 1 heterocycles. The fourth-order valence-corrected chi connectivity index (χ4v) is 2.15. The van der Waals surface area contributed by atoms with Crippen molar-refractivity contribution >= 4 is 22.7 Å². The molecule has 0 amide bonds. The molecule has 1 aromatic heterocycles. The SMILES string of the molecule is Nc1nc(N)c2c(Oc3cccc(C(F)(F)F)c3)cccc2n1. The Kier molecular flexibility index (Phi) is 3.44. The fourth-order valence-electron chi connectivity index (χ4n) is 2.15. The van der Waals surface area contributed by atoms with E-state index in [0.717, 1.165) is 12.1 Å². The van der Waals surface area contributed by atoms with E-state index >= 15 is 0 Å². The monoisotopic (exact) mass is 320 g/mol. The number of hydrogen-bond acceptors (Lipinski definition) is 5. The van der Waals surface area contributed by atoms with E-state index in [2.05, 4.69) is 9.97 Å². The highest BCUT2D eigenvalue weighted by molar-refractivity contribution is 5.94. The lowest BCUT2D eigenvalue weighted by Gasteiger charge is -2.12. The summed E-state index contributed by atoms with van der Waals surface area (Å²) in [4.78, 5) is 7.87. The molecule has 0 atom stereocenters. The zero-order chi connectivity index (χ0) is 16.6. The topological polar surface area (TPSA) is 87.0 Å². The number of rotatable bonds is 2. The maximum absolute atomic E-state index is 12.8. The minimum absolute atomic E-state index is 0.00576. The molecule has 23 heavy (non-hydrogen) atoms. The largest absolute Gasteiger partial charge is 0.457 e. The van der Waals surface area contributed by atoms with Gasteiger partial charge >= 0.3 is 6.18 Å². The summed E-state index contributed by atoms with van der Waals surface area (Å²) in [5.74, 6) is 0.379. The van der Waals surface area contributed by atoms with Crippen molar-refractivity contribution in [1.82, 2.24) is 9.97 Å². The third kappa shape index (κ3) is 2.96. The summed E-state index contributed by atoms with van der Waals surface area (Å²) in [6.45, 7) is 0. The summed E-state index contributed by atoms with van der Waals surface area (Å²) in [7, 11) is 0. The van der Waals surface area contributed by atoms with Gasteiger partial charge in [-0.3, -0.25) is 0 Å². The van der Waals surface area contributed by atoms with Crippen molar-refractivity contribution in [1.29, 1.82) is 0 Å². The average molecular weight is 320 g/mol. The highest BCUT2D eigenvalue weighted by Crippen LogP contribution is 2.35. The number of aromatic nitrogens is 2. The molecule has 2 aromatic carbocycles. The molecule has 4 N–H and O–H groups in total. The van der Waals surface area contributed by atoms with Crippen molar-refractivity contribution < 1.29 is 17.9 Å². The summed E-state index contributed by atoms with van der Waals surface area (Å²) >= 11 is 0. The molecule has 0 fully saturated rings. The number of nitrogens with two attached hydrogens (primary N) is 2. The summed E-state index contributed by atoms with van der Waals surface area (Å²) in [5, 5.41) is 0.388. The Morgan fingerprint density at radius 2 is 1.70 bits per heavy atom. The van der Waals surface area contributed by atoms with Crippen LogP contribution in [-0.4, -0.2) is 9.97 Å². The van der Waals surface area contributed by atoms with Gasteiger partial charge in [0.05, 0.1) is 16.5 Å². The van der Waals surface area contributed by atoms with Crippen molar-refractivity contribution in [3.05, 3.63) is 48.0 Å². The summed E-state index contributed by atoms with van der Waals surface area (Å²) in [6, 6.07) is 9.42. The number of ether oxygens (including phenoxy) is 1. The van der Waals surface area contributed by atoms with Crippen LogP contribution in [0.25, 0.3) is 10.9 Å². The first-order valence-electron chi connectivity index (χ1n) is 6.51. The van der Waals surface area contributed by atoms with E-state index in [-0.39, 0.29) is 23.3 Å². The van der Waals surface area contributed by atoms with Gasteiger partial charge < -0.3 is 16.2 Å². The lowest BCUT2D eigenvalue weighted by Crippen LogP contribution is -2.04. The van der Waals surface area contributed by atoms with E-state index in [1.165, 1.54) is 12.1 Å². The van der Waals surface area contributed by atoms with E-state index in [0.29, 0.717) is 10.9 Å². The smallest absolute Gasteiger partial charge is 0.416 e. The fraction of sp³-hybridized carbons (Fsp3) is 0.0667. The van der Waals surface area contributed by atoms with E-state index in [1.54, 1.807) is 18.2 Å². The Bertz CT molecular complexity index is 880. The summed E-state index contributed by atoms with van der Waals surface area (Å²) < 4.78 is 43.8. The molecular weight excluding hydrogens is 309 g/mol. The number of benzene rings is 2. The van der Waals surface area contributed by atoms with Crippen LogP contribution in [0.4, 0.5) is 24.9 Å². The van der Waals surface area contributed by atoms with Gasteiger partial charge in [0.15, 0.2) is 0 Å². The van der Waals surface area contributed by atoms with E-state index in [4.69, 9.17) is 16.2 Å². The highest BCUT2D eigenvalue weighted by Gasteiger charge is 2.30. The first kappa shape index (κ1) is 14.9. The van der Waals surface area contributed by atoms with Crippen LogP contribution >= 0.6 is 0 Å². The van der Waals surface area contributed by atoms with Crippen LogP contribution in [0.1, 0.15) is 5.56 Å². The standard InChI is InChI=1S/C15H11F3N4O/c16-15(17,18)8-3-1-4-9(7-8)23-11-6-2-5-10-12(11)13(19)22-14(20)21-10/h1-7H,(H4,19,20,21,22). The number of nitrogens with zero attached hydrogens (tertiary/aromatic N) is 2. The second kappa shape index (κ2) is 5.31. The predicted octanol–water partition coefficient (Wildman–Crippen LogP) is 3.61. The quantitative estimate of drug-likeness (QED) is 0.753. The van der Waals surface area contributed by atoms with Crippen LogP contribution in [0.15, 0.2) is 42.5 Å².